The van der Waals surface area contributed by atoms with E-state index in [-0.39, 0.29) is 6.04 Å². The van der Waals surface area contributed by atoms with Crippen molar-refractivity contribution in [3.05, 3.63) is 29.0 Å². The van der Waals surface area contributed by atoms with Crippen LogP contribution >= 0.6 is 11.6 Å². The maximum Gasteiger partial charge on any atom is 0.0592 e. The molecule has 12 heavy (non-hydrogen) atoms. The van der Waals surface area contributed by atoms with Gasteiger partial charge in [0.25, 0.3) is 0 Å². The van der Waals surface area contributed by atoms with Gasteiger partial charge >= 0.3 is 0 Å². The molecule has 0 bridgehead atoms. The zero-order valence-electron chi connectivity index (χ0n) is 7.13. The minimum Gasteiger partial charge on any atom is -0.324 e. The Morgan fingerprint density at radius 2 is 2.33 bits per heavy atom. The van der Waals surface area contributed by atoms with Crippen LogP contribution in [0, 0.1) is 0 Å². The van der Waals surface area contributed by atoms with Gasteiger partial charge in [0, 0.05) is 18.4 Å². The summed E-state index contributed by atoms with van der Waals surface area (Å²) >= 11 is 5.77. The van der Waals surface area contributed by atoms with Crippen molar-refractivity contribution in [2.75, 3.05) is 0 Å². The largest absolute Gasteiger partial charge is 0.324 e. The molecule has 0 aliphatic rings. The van der Waals surface area contributed by atoms with Gasteiger partial charge in [-0.15, -0.1) is 0 Å². The first-order valence-corrected chi connectivity index (χ1v) is 4.48. The molecule has 66 valence electrons. The Bertz CT molecular complexity index is 250. The Kier molecular flexibility index (Phi) is 3.50. The van der Waals surface area contributed by atoms with Crippen LogP contribution in [0.3, 0.4) is 0 Å². The summed E-state index contributed by atoms with van der Waals surface area (Å²) in [6.45, 7) is 2.11. The summed E-state index contributed by atoms with van der Waals surface area (Å²) in [4.78, 5) is 3.98. The second-order valence-corrected chi connectivity index (χ2v) is 3.27. The lowest BCUT2D eigenvalue weighted by Crippen LogP contribution is -2.09. The van der Waals surface area contributed by atoms with Gasteiger partial charge in [0.1, 0.15) is 0 Å². The van der Waals surface area contributed by atoms with Crippen molar-refractivity contribution < 1.29 is 0 Å². The smallest absolute Gasteiger partial charge is 0.0592 e. The minimum absolute atomic E-state index is 0.0706. The van der Waals surface area contributed by atoms with E-state index in [9.17, 15) is 0 Å². The van der Waals surface area contributed by atoms with Crippen LogP contribution in [-0.4, -0.2) is 4.98 Å². The molecule has 0 aliphatic heterocycles. The third kappa shape index (κ3) is 2.47. The summed E-state index contributed by atoms with van der Waals surface area (Å²) in [5, 5.41) is 0.652. The fourth-order valence-electron chi connectivity index (χ4n) is 1.11. The first kappa shape index (κ1) is 9.49. The lowest BCUT2D eigenvalue weighted by Gasteiger charge is -2.09. The molecule has 1 atom stereocenters. The third-order valence-electron chi connectivity index (χ3n) is 1.75. The van der Waals surface area contributed by atoms with Crippen LogP contribution < -0.4 is 5.73 Å². The van der Waals surface area contributed by atoms with Crippen molar-refractivity contribution in [3.8, 4) is 0 Å². The molecule has 2 nitrogen and oxygen atoms in total. The van der Waals surface area contributed by atoms with Gasteiger partial charge in [-0.05, 0) is 18.1 Å². The minimum atomic E-state index is 0.0706. The lowest BCUT2D eigenvalue weighted by molar-refractivity contribution is 0.636. The van der Waals surface area contributed by atoms with Crippen molar-refractivity contribution in [1.29, 1.82) is 0 Å². The molecule has 1 heterocycles. The summed E-state index contributed by atoms with van der Waals surface area (Å²) in [7, 11) is 0. The summed E-state index contributed by atoms with van der Waals surface area (Å²) in [6, 6.07) is 1.94. The second-order valence-electron chi connectivity index (χ2n) is 2.83. The van der Waals surface area contributed by atoms with Crippen LogP contribution in [0.1, 0.15) is 31.4 Å². The van der Waals surface area contributed by atoms with Gasteiger partial charge in [0.05, 0.1) is 5.02 Å². The van der Waals surface area contributed by atoms with Crippen molar-refractivity contribution in [2.45, 2.75) is 25.8 Å². The molecule has 2 N–H and O–H groups in total. The summed E-state index contributed by atoms with van der Waals surface area (Å²) in [5.74, 6) is 0. The van der Waals surface area contributed by atoms with E-state index in [1.165, 1.54) is 0 Å². The number of halogens is 1. The van der Waals surface area contributed by atoms with E-state index in [1.54, 1.807) is 12.4 Å². The van der Waals surface area contributed by atoms with Gasteiger partial charge in [-0.1, -0.05) is 24.9 Å². The Labute approximate surface area is 77.8 Å². The fraction of sp³-hybridized carbons (Fsp3) is 0.444. The van der Waals surface area contributed by atoms with Crippen LogP contribution in [0.2, 0.25) is 5.02 Å². The highest BCUT2D eigenvalue weighted by Crippen LogP contribution is 2.17. The first-order valence-electron chi connectivity index (χ1n) is 4.10. The van der Waals surface area contributed by atoms with E-state index in [0.29, 0.717) is 5.02 Å². The van der Waals surface area contributed by atoms with Gasteiger partial charge in [0.2, 0.25) is 0 Å². The lowest BCUT2D eigenvalue weighted by atomic mass is 10.1. The second kappa shape index (κ2) is 4.43. The zero-order chi connectivity index (χ0) is 8.97. The number of nitrogens with zero attached hydrogens (tertiary/aromatic N) is 1. The Hall–Kier alpha value is -0.600. The zero-order valence-corrected chi connectivity index (χ0v) is 7.88. The van der Waals surface area contributed by atoms with Crippen molar-refractivity contribution in [3.63, 3.8) is 0 Å². The van der Waals surface area contributed by atoms with E-state index >= 15 is 0 Å². The van der Waals surface area contributed by atoms with Gasteiger partial charge in [-0.3, -0.25) is 4.98 Å². The maximum atomic E-state index is 5.88. The van der Waals surface area contributed by atoms with Crippen molar-refractivity contribution in [1.82, 2.24) is 4.98 Å². The first-order chi connectivity index (χ1) is 5.74. The molecule has 1 aromatic rings. The molecule has 1 aromatic heterocycles. The van der Waals surface area contributed by atoms with Crippen molar-refractivity contribution >= 4 is 11.6 Å². The van der Waals surface area contributed by atoms with E-state index < -0.39 is 0 Å². The SMILES string of the molecule is CCC[C@@H](N)c1cncc(Cl)c1. The molecule has 0 saturated carbocycles. The molecule has 0 amide bonds. The highest BCUT2D eigenvalue weighted by atomic mass is 35.5. The predicted molar refractivity (Wildman–Crippen MR) is 51.1 cm³/mol. The van der Waals surface area contributed by atoms with Crippen LogP contribution in [0.4, 0.5) is 0 Å². The fourth-order valence-corrected chi connectivity index (χ4v) is 1.29. The summed E-state index contributed by atoms with van der Waals surface area (Å²) in [5.41, 5.74) is 6.89. The molecular weight excluding hydrogens is 172 g/mol. The number of nitrogens with two attached hydrogens (primary N) is 1. The molecule has 0 aromatic carbocycles. The normalized spacial score (nSPS) is 12.9. The molecule has 3 heteroatoms. The highest BCUT2D eigenvalue weighted by molar-refractivity contribution is 6.30. The number of rotatable bonds is 3. The topological polar surface area (TPSA) is 38.9 Å². The molecule has 0 radical (unpaired) electrons. The Morgan fingerprint density at radius 3 is 2.92 bits per heavy atom. The quantitative estimate of drug-likeness (QED) is 0.784. The van der Waals surface area contributed by atoms with Gasteiger partial charge in [-0.25, -0.2) is 0 Å². The maximum absolute atomic E-state index is 5.88. The van der Waals surface area contributed by atoms with Gasteiger partial charge in [-0.2, -0.15) is 0 Å². The standard InChI is InChI=1S/C9H13ClN2/c1-2-3-9(11)7-4-8(10)6-12-5-7/h4-6,9H,2-3,11H2,1H3/t9-/m1/s1. The molecule has 0 aliphatic carbocycles. The number of aromatic nitrogens is 1. The number of hydrogen-bond acceptors (Lipinski definition) is 2. The molecule has 0 spiro atoms. The highest BCUT2D eigenvalue weighted by Gasteiger charge is 2.04. The van der Waals surface area contributed by atoms with Crippen LogP contribution in [0.5, 0.6) is 0 Å². The summed E-state index contributed by atoms with van der Waals surface area (Å²) < 4.78 is 0. The Morgan fingerprint density at radius 1 is 1.58 bits per heavy atom. The van der Waals surface area contributed by atoms with Crippen LogP contribution in [0.15, 0.2) is 18.5 Å². The molecule has 1 rings (SSSR count). The molecule has 0 saturated heterocycles. The molecule has 0 fully saturated rings. The van der Waals surface area contributed by atoms with E-state index in [1.807, 2.05) is 6.07 Å². The average molecular weight is 185 g/mol. The molecular formula is C9H13ClN2. The monoisotopic (exact) mass is 184 g/mol. The van der Waals surface area contributed by atoms with Gasteiger partial charge < -0.3 is 5.73 Å². The van der Waals surface area contributed by atoms with Gasteiger partial charge in [0.15, 0.2) is 0 Å². The van der Waals surface area contributed by atoms with Crippen molar-refractivity contribution in [2.24, 2.45) is 5.73 Å². The number of pyridine rings is 1. The average Bonchev–Trinajstić information content (AvgIpc) is 2.05. The molecule has 0 unspecified atom stereocenters. The summed E-state index contributed by atoms with van der Waals surface area (Å²) in [6.07, 6.45) is 5.44. The Balaban J connectivity index is 2.73. The third-order valence-corrected chi connectivity index (χ3v) is 1.96. The van der Waals surface area contributed by atoms with E-state index in [4.69, 9.17) is 17.3 Å². The van der Waals surface area contributed by atoms with Crippen LogP contribution in [0.25, 0.3) is 0 Å². The van der Waals surface area contributed by atoms with E-state index in [0.717, 1.165) is 18.4 Å². The predicted octanol–water partition coefficient (Wildman–Crippen LogP) is 2.53. The van der Waals surface area contributed by atoms with Crippen LogP contribution in [-0.2, 0) is 0 Å². The number of hydrogen-bond donors (Lipinski definition) is 1. The van der Waals surface area contributed by atoms with E-state index in [2.05, 4.69) is 11.9 Å².